The van der Waals surface area contributed by atoms with Crippen molar-refractivity contribution in [3.63, 3.8) is 0 Å². The molecule has 242 valence electrons. The van der Waals surface area contributed by atoms with E-state index in [4.69, 9.17) is 9.47 Å². The smallest absolute Gasteiger partial charge is 0.310 e. The van der Waals surface area contributed by atoms with Crippen LogP contribution in [0.2, 0.25) is 0 Å². The number of carbonyl (C=O) groups is 2. The third-order valence-corrected chi connectivity index (χ3v) is 10.9. The summed E-state index contributed by atoms with van der Waals surface area (Å²) in [5, 5.41) is 3.15. The number of esters is 1. The summed E-state index contributed by atoms with van der Waals surface area (Å²) in [7, 11) is 0. The standard InChI is InChI=1S/C37H59NO4S/c1-3-5-6-7-8-11-18-29-32-24-27-17-16-21-34(41-4-2)33(27)25-28(32)26-35(29)42-37(40)31-20-13-12-19-30(31)36(39)38-22-14-9-10-15-23-43/h16-17,21,28-32,35,43H,3-15,18-20,22-26H2,1-2H3,(H,38,39)/t28-,29+,30?,31?,32-,35+/m0/s1. The lowest BCUT2D eigenvalue weighted by atomic mass is 9.73. The fraction of sp³-hybridized carbons (Fsp3) is 0.784. The van der Waals surface area contributed by atoms with Crippen LogP contribution in [0, 0.1) is 29.6 Å². The quantitative estimate of drug-likeness (QED) is 0.0990. The summed E-state index contributed by atoms with van der Waals surface area (Å²) in [6.45, 7) is 5.69. The van der Waals surface area contributed by atoms with Gasteiger partial charge in [0.25, 0.3) is 0 Å². The average Bonchev–Trinajstić information content (AvgIpc) is 3.35. The molecule has 2 saturated carbocycles. The zero-order chi connectivity index (χ0) is 30.4. The van der Waals surface area contributed by atoms with Crippen molar-refractivity contribution in [1.29, 1.82) is 0 Å². The van der Waals surface area contributed by atoms with Crippen molar-refractivity contribution in [2.24, 2.45) is 29.6 Å². The normalized spacial score (nSPS) is 26.4. The number of unbranched alkanes of at least 4 members (excludes halogenated alkanes) is 8. The van der Waals surface area contributed by atoms with Crippen LogP contribution in [0.25, 0.3) is 0 Å². The van der Waals surface area contributed by atoms with E-state index in [1.807, 2.05) is 0 Å². The van der Waals surface area contributed by atoms with E-state index in [9.17, 15) is 9.59 Å². The number of benzene rings is 1. The zero-order valence-corrected chi connectivity index (χ0v) is 28.0. The fourth-order valence-electron chi connectivity index (χ4n) is 8.26. The molecule has 0 saturated heterocycles. The minimum Gasteiger partial charge on any atom is -0.494 e. The van der Waals surface area contributed by atoms with E-state index in [-0.39, 0.29) is 29.8 Å². The van der Waals surface area contributed by atoms with Crippen LogP contribution >= 0.6 is 12.6 Å². The highest BCUT2D eigenvalue weighted by atomic mass is 32.1. The predicted molar refractivity (Wildman–Crippen MR) is 179 cm³/mol. The molecular weight excluding hydrogens is 554 g/mol. The van der Waals surface area contributed by atoms with Gasteiger partial charge < -0.3 is 14.8 Å². The topological polar surface area (TPSA) is 64.6 Å². The number of rotatable bonds is 18. The van der Waals surface area contributed by atoms with Crippen molar-refractivity contribution in [2.45, 2.75) is 136 Å². The molecular formula is C37H59NO4S. The van der Waals surface area contributed by atoms with Gasteiger partial charge in [-0.25, -0.2) is 0 Å². The molecule has 6 heteroatoms. The van der Waals surface area contributed by atoms with Gasteiger partial charge in [-0.05, 0) is 99.0 Å². The maximum absolute atomic E-state index is 13.8. The van der Waals surface area contributed by atoms with Gasteiger partial charge in [0, 0.05) is 6.54 Å². The molecule has 1 aromatic rings. The van der Waals surface area contributed by atoms with Crippen LogP contribution in [-0.4, -0.2) is 36.9 Å². The van der Waals surface area contributed by atoms with Gasteiger partial charge in [-0.1, -0.05) is 83.3 Å². The predicted octanol–water partition coefficient (Wildman–Crippen LogP) is 8.51. The summed E-state index contributed by atoms with van der Waals surface area (Å²) in [6, 6.07) is 6.52. The first-order chi connectivity index (χ1) is 21.1. The van der Waals surface area contributed by atoms with Gasteiger partial charge in [0.2, 0.25) is 5.91 Å². The number of hydrogen-bond acceptors (Lipinski definition) is 5. The number of hydrogen-bond donors (Lipinski definition) is 2. The summed E-state index contributed by atoms with van der Waals surface area (Å²) < 4.78 is 12.5. The Morgan fingerprint density at radius 1 is 0.907 bits per heavy atom. The Morgan fingerprint density at radius 3 is 2.44 bits per heavy atom. The van der Waals surface area contributed by atoms with E-state index < -0.39 is 0 Å². The summed E-state index contributed by atoms with van der Waals surface area (Å²) in [4.78, 5) is 27.1. The maximum Gasteiger partial charge on any atom is 0.310 e. The van der Waals surface area contributed by atoms with Gasteiger partial charge in [-0.15, -0.1) is 0 Å². The molecule has 2 unspecified atom stereocenters. The largest absolute Gasteiger partial charge is 0.494 e. The van der Waals surface area contributed by atoms with Crippen LogP contribution in [0.4, 0.5) is 0 Å². The Balaban J connectivity index is 1.40. The number of ether oxygens (including phenoxy) is 2. The highest BCUT2D eigenvalue weighted by molar-refractivity contribution is 7.80. The third-order valence-electron chi connectivity index (χ3n) is 10.6. The molecule has 1 N–H and O–H groups in total. The molecule has 4 rings (SSSR count). The summed E-state index contributed by atoms with van der Waals surface area (Å²) in [6.07, 6.45) is 19.7. The van der Waals surface area contributed by atoms with E-state index in [0.717, 1.165) is 88.6 Å². The van der Waals surface area contributed by atoms with E-state index >= 15 is 0 Å². The van der Waals surface area contributed by atoms with E-state index in [1.165, 1.54) is 49.7 Å². The van der Waals surface area contributed by atoms with E-state index in [0.29, 0.717) is 30.9 Å². The summed E-state index contributed by atoms with van der Waals surface area (Å²) in [5.74, 6) is 2.80. The van der Waals surface area contributed by atoms with Gasteiger partial charge in [0.1, 0.15) is 11.9 Å². The lowest BCUT2D eigenvalue weighted by Gasteiger charge is -2.33. The highest BCUT2D eigenvalue weighted by Crippen LogP contribution is 2.50. The molecule has 6 atom stereocenters. The van der Waals surface area contributed by atoms with Crippen molar-refractivity contribution in [1.82, 2.24) is 5.32 Å². The molecule has 0 heterocycles. The van der Waals surface area contributed by atoms with Crippen LogP contribution in [-0.2, 0) is 27.2 Å². The molecule has 0 aromatic heterocycles. The first-order valence-corrected chi connectivity index (χ1v) is 18.5. The number of carbonyl (C=O) groups excluding carboxylic acids is 2. The molecule has 3 aliphatic rings. The van der Waals surface area contributed by atoms with Crippen LogP contribution in [0.5, 0.6) is 5.75 Å². The monoisotopic (exact) mass is 613 g/mol. The minimum absolute atomic E-state index is 0.0412. The molecule has 5 nitrogen and oxygen atoms in total. The second kappa shape index (κ2) is 18.3. The number of thiol groups is 1. The van der Waals surface area contributed by atoms with Gasteiger partial charge >= 0.3 is 5.97 Å². The molecule has 1 aromatic carbocycles. The van der Waals surface area contributed by atoms with Crippen molar-refractivity contribution in [3.05, 3.63) is 29.3 Å². The van der Waals surface area contributed by atoms with Crippen LogP contribution < -0.4 is 10.1 Å². The molecule has 43 heavy (non-hydrogen) atoms. The van der Waals surface area contributed by atoms with Crippen LogP contribution in [0.1, 0.15) is 128 Å². The maximum atomic E-state index is 13.8. The average molecular weight is 614 g/mol. The molecule has 0 radical (unpaired) electrons. The third kappa shape index (κ3) is 9.65. The second-order valence-corrected chi connectivity index (χ2v) is 14.0. The van der Waals surface area contributed by atoms with Crippen molar-refractivity contribution >= 4 is 24.5 Å². The van der Waals surface area contributed by atoms with Gasteiger partial charge in [-0.2, -0.15) is 12.6 Å². The SMILES string of the molecule is CCCCCCCC[C@@H]1[C@H]2Cc3cccc(OCC)c3C[C@H]2C[C@H]1OC(=O)C1CCCCC1C(=O)NCCCCCCS. The molecule has 0 bridgehead atoms. The molecule has 3 aliphatic carbocycles. The molecule has 1 amide bonds. The van der Waals surface area contributed by atoms with Crippen molar-refractivity contribution in [3.8, 4) is 5.75 Å². The highest BCUT2D eigenvalue weighted by Gasteiger charge is 2.48. The zero-order valence-electron chi connectivity index (χ0n) is 27.1. The lowest BCUT2D eigenvalue weighted by Crippen LogP contribution is -2.42. The Kier molecular flexibility index (Phi) is 14.6. The van der Waals surface area contributed by atoms with Crippen LogP contribution in [0.15, 0.2) is 18.2 Å². The van der Waals surface area contributed by atoms with Gasteiger partial charge in [0.15, 0.2) is 0 Å². The van der Waals surface area contributed by atoms with E-state index in [1.54, 1.807) is 0 Å². The Labute approximate surface area is 267 Å². The lowest BCUT2D eigenvalue weighted by molar-refractivity contribution is -0.162. The summed E-state index contributed by atoms with van der Waals surface area (Å²) in [5.41, 5.74) is 2.78. The molecule has 2 fully saturated rings. The minimum atomic E-state index is -0.308. The van der Waals surface area contributed by atoms with Gasteiger partial charge in [-0.3, -0.25) is 9.59 Å². The van der Waals surface area contributed by atoms with Gasteiger partial charge in [0.05, 0.1) is 18.4 Å². The number of fused-ring (bicyclic) bond motifs is 2. The van der Waals surface area contributed by atoms with E-state index in [2.05, 4.69) is 50.0 Å². The Bertz CT molecular complexity index is 999. The summed E-state index contributed by atoms with van der Waals surface area (Å²) >= 11 is 4.28. The fourth-order valence-corrected chi connectivity index (χ4v) is 8.48. The molecule has 0 aliphatic heterocycles. The van der Waals surface area contributed by atoms with Crippen LogP contribution in [0.3, 0.4) is 0 Å². The van der Waals surface area contributed by atoms with Crippen molar-refractivity contribution < 1.29 is 19.1 Å². The number of nitrogens with one attached hydrogen (secondary N) is 1. The number of amides is 1. The van der Waals surface area contributed by atoms with Crippen molar-refractivity contribution in [2.75, 3.05) is 18.9 Å². The first kappa shape index (κ1) is 34.2. The Hall–Kier alpha value is -1.69. The first-order valence-electron chi connectivity index (χ1n) is 17.9. The Morgan fingerprint density at radius 2 is 1.65 bits per heavy atom. The second-order valence-electron chi connectivity index (χ2n) is 13.5. The molecule has 0 spiro atoms.